The number of halogens is 2. The second-order valence-corrected chi connectivity index (χ2v) is 6.42. The first-order valence-electron chi connectivity index (χ1n) is 7.31. The maximum atomic E-state index is 13.1. The molecule has 1 heterocycles. The molecule has 3 rings (SSSR count). The molecule has 0 bridgehead atoms. The van der Waals surface area contributed by atoms with E-state index in [0.717, 1.165) is 5.56 Å². The molecule has 2 aromatic carbocycles. The number of para-hydroxylation sites is 1. The van der Waals surface area contributed by atoms with Gasteiger partial charge < -0.3 is 10.1 Å². The van der Waals surface area contributed by atoms with Crippen molar-refractivity contribution in [3.05, 3.63) is 64.4 Å². The molecule has 1 saturated heterocycles. The number of carbonyl (C=O) groups excluding carboxylic acids is 1. The van der Waals surface area contributed by atoms with Crippen LogP contribution in [0.1, 0.15) is 11.1 Å². The minimum atomic E-state index is -0.391. The molecule has 0 unspecified atom stereocenters. The van der Waals surface area contributed by atoms with E-state index in [-0.39, 0.29) is 12.5 Å². The summed E-state index contributed by atoms with van der Waals surface area (Å²) >= 11 is 7.30. The first kappa shape index (κ1) is 17.4. The van der Waals surface area contributed by atoms with Crippen LogP contribution in [-0.2, 0) is 11.4 Å². The fraction of sp³-hybridized carbons (Fsp3) is 0.118. The summed E-state index contributed by atoms with van der Waals surface area (Å²) in [4.78, 5) is 11.1. The van der Waals surface area contributed by atoms with Crippen LogP contribution in [0.3, 0.4) is 0 Å². The topological polar surface area (TPSA) is 63.0 Å². The van der Waals surface area contributed by atoms with Gasteiger partial charge >= 0.3 is 0 Å². The van der Waals surface area contributed by atoms with Crippen molar-refractivity contribution in [2.45, 2.75) is 6.61 Å². The van der Waals surface area contributed by atoms with Gasteiger partial charge in [-0.05, 0) is 24.3 Å². The Morgan fingerprint density at radius 3 is 2.92 bits per heavy atom. The van der Waals surface area contributed by atoms with E-state index in [0.29, 0.717) is 27.3 Å². The van der Waals surface area contributed by atoms with Crippen LogP contribution in [0.2, 0.25) is 5.02 Å². The number of rotatable bonds is 5. The second kappa shape index (κ2) is 8.13. The van der Waals surface area contributed by atoms with Gasteiger partial charge in [0.2, 0.25) is 5.91 Å². The third kappa shape index (κ3) is 4.80. The molecule has 8 heteroatoms. The highest BCUT2D eigenvalue weighted by atomic mass is 35.5. The molecule has 5 nitrogen and oxygen atoms in total. The zero-order valence-electron chi connectivity index (χ0n) is 12.9. The Labute approximate surface area is 152 Å². The van der Waals surface area contributed by atoms with Crippen LogP contribution in [0.4, 0.5) is 4.39 Å². The smallest absolute Gasteiger partial charge is 0.236 e. The van der Waals surface area contributed by atoms with Crippen molar-refractivity contribution < 1.29 is 13.9 Å². The largest absolute Gasteiger partial charge is 0.488 e. The average molecular weight is 378 g/mol. The van der Waals surface area contributed by atoms with Crippen LogP contribution in [-0.4, -0.2) is 23.0 Å². The summed E-state index contributed by atoms with van der Waals surface area (Å²) in [5, 5.41) is 11.3. The lowest BCUT2D eigenvalue weighted by Crippen LogP contribution is -2.19. The molecule has 0 aromatic heterocycles. The number of nitrogens with one attached hydrogen (secondary N) is 1. The average Bonchev–Trinajstić information content (AvgIpc) is 3.00. The van der Waals surface area contributed by atoms with Gasteiger partial charge in [0.15, 0.2) is 5.17 Å². The molecule has 2 aromatic rings. The lowest BCUT2D eigenvalue weighted by atomic mass is 10.2. The minimum Gasteiger partial charge on any atom is -0.488 e. The molecule has 1 aliphatic heterocycles. The summed E-state index contributed by atoms with van der Waals surface area (Å²) in [7, 11) is 0. The molecule has 0 spiro atoms. The van der Waals surface area contributed by atoms with Crippen molar-refractivity contribution in [2.24, 2.45) is 10.2 Å². The molecule has 0 radical (unpaired) electrons. The van der Waals surface area contributed by atoms with Gasteiger partial charge in [-0.3, -0.25) is 4.79 Å². The molecule has 1 fully saturated rings. The standard InChI is InChI=1S/C17H13ClFN3O2S/c18-14-7-13(19)6-5-12(14)9-24-15-4-2-1-3-11(15)8-20-22-17-21-16(23)10-25-17/h1-8H,9-10H2,(H,21,22,23). The van der Waals surface area contributed by atoms with E-state index < -0.39 is 5.82 Å². The van der Waals surface area contributed by atoms with Crippen molar-refractivity contribution >= 4 is 40.7 Å². The highest BCUT2D eigenvalue weighted by Gasteiger charge is 2.16. The van der Waals surface area contributed by atoms with Crippen LogP contribution >= 0.6 is 23.4 Å². The predicted molar refractivity (Wildman–Crippen MR) is 97.8 cm³/mol. The van der Waals surface area contributed by atoms with Crippen LogP contribution in [0.5, 0.6) is 5.75 Å². The third-order valence-electron chi connectivity index (χ3n) is 3.25. The first-order chi connectivity index (χ1) is 12.1. The summed E-state index contributed by atoms with van der Waals surface area (Å²) in [6, 6.07) is 11.5. The summed E-state index contributed by atoms with van der Waals surface area (Å²) in [5.41, 5.74) is 1.40. The number of nitrogens with zero attached hydrogens (tertiary/aromatic N) is 2. The molecule has 1 N–H and O–H groups in total. The van der Waals surface area contributed by atoms with Crippen molar-refractivity contribution in [1.82, 2.24) is 5.32 Å². The highest BCUT2D eigenvalue weighted by molar-refractivity contribution is 8.15. The van der Waals surface area contributed by atoms with Gasteiger partial charge in [-0.25, -0.2) is 4.39 Å². The molecular weight excluding hydrogens is 365 g/mol. The Hall–Kier alpha value is -2.38. The fourth-order valence-electron chi connectivity index (χ4n) is 2.04. The first-order valence-corrected chi connectivity index (χ1v) is 8.67. The van der Waals surface area contributed by atoms with Crippen molar-refractivity contribution in [1.29, 1.82) is 0 Å². The Morgan fingerprint density at radius 1 is 1.32 bits per heavy atom. The predicted octanol–water partition coefficient (Wildman–Crippen LogP) is 3.61. The van der Waals surface area contributed by atoms with E-state index in [2.05, 4.69) is 15.5 Å². The zero-order chi connectivity index (χ0) is 17.6. The number of amides is 1. The molecule has 0 aliphatic carbocycles. The fourth-order valence-corrected chi connectivity index (χ4v) is 2.89. The van der Waals surface area contributed by atoms with E-state index in [1.165, 1.54) is 23.9 Å². The van der Waals surface area contributed by atoms with Crippen molar-refractivity contribution in [2.75, 3.05) is 5.75 Å². The molecule has 25 heavy (non-hydrogen) atoms. The lowest BCUT2D eigenvalue weighted by Gasteiger charge is -2.10. The zero-order valence-corrected chi connectivity index (χ0v) is 14.5. The number of hydrogen-bond donors (Lipinski definition) is 1. The third-order valence-corrected chi connectivity index (χ3v) is 4.46. The Kier molecular flexibility index (Phi) is 5.67. The molecule has 1 amide bonds. The van der Waals surface area contributed by atoms with Crippen LogP contribution in [0, 0.1) is 5.82 Å². The monoisotopic (exact) mass is 377 g/mol. The number of thioether (sulfide) groups is 1. The van der Waals surface area contributed by atoms with E-state index in [4.69, 9.17) is 16.3 Å². The molecule has 1 aliphatic rings. The molecule has 128 valence electrons. The number of hydrogen-bond acceptors (Lipinski definition) is 5. The Balaban J connectivity index is 1.69. The van der Waals surface area contributed by atoms with Gasteiger partial charge in [0.1, 0.15) is 18.2 Å². The van der Waals surface area contributed by atoms with Gasteiger partial charge in [-0.15, -0.1) is 5.10 Å². The summed E-state index contributed by atoms with van der Waals surface area (Å²) in [6.07, 6.45) is 1.54. The highest BCUT2D eigenvalue weighted by Crippen LogP contribution is 2.22. The van der Waals surface area contributed by atoms with Crippen molar-refractivity contribution in [3.63, 3.8) is 0 Å². The number of benzene rings is 2. The quantitative estimate of drug-likeness (QED) is 0.639. The number of amidine groups is 1. The van der Waals surface area contributed by atoms with Gasteiger partial charge in [-0.2, -0.15) is 5.10 Å². The molecule has 0 atom stereocenters. The van der Waals surface area contributed by atoms with Crippen LogP contribution in [0.15, 0.2) is 52.7 Å². The van der Waals surface area contributed by atoms with E-state index in [1.807, 2.05) is 18.2 Å². The van der Waals surface area contributed by atoms with E-state index in [9.17, 15) is 9.18 Å². The van der Waals surface area contributed by atoms with Gasteiger partial charge in [0.05, 0.1) is 17.0 Å². The van der Waals surface area contributed by atoms with E-state index >= 15 is 0 Å². The summed E-state index contributed by atoms with van der Waals surface area (Å²) < 4.78 is 18.8. The molecule has 0 saturated carbocycles. The van der Waals surface area contributed by atoms with Gasteiger partial charge in [0.25, 0.3) is 0 Å². The van der Waals surface area contributed by atoms with Crippen LogP contribution in [0.25, 0.3) is 0 Å². The lowest BCUT2D eigenvalue weighted by molar-refractivity contribution is -0.116. The van der Waals surface area contributed by atoms with E-state index in [1.54, 1.807) is 18.3 Å². The molecular formula is C17H13ClFN3O2S. The van der Waals surface area contributed by atoms with Gasteiger partial charge in [-0.1, -0.05) is 41.6 Å². The van der Waals surface area contributed by atoms with Crippen molar-refractivity contribution in [3.8, 4) is 5.75 Å². The second-order valence-electron chi connectivity index (χ2n) is 5.05. The normalized spacial score (nSPS) is 15.8. The Morgan fingerprint density at radius 2 is 2.16 bits per heavy atom. The summed E-state index contributed by atoms with van der Waals surface area (Å²) in [5.74, 6) is 0.470. The number of ether oxygens (including phenoxy) is 1. The summed E-state index contributed by atoms with van der Waals surface area (Å²) in [6.45, 7) is 0.199. The maximum absolute atomic E-state index is 13.1. The van der Waals surface area contributed by atoms with Gasteiger partial charge in [0, 0.05) is 11.1 Å². The SMILES string of the molecule is O=C1CSC(=NN=Cc2ccccc2OCc2ccc(F)cc2Cl)N1. The minimum absolute atomic E-state index is 0.0844. The maximum Gasteiger partial charge on any atom is 0.236 e. The van der Waals surface area contributed by atoms with Crippen LogP contribution < -0.4 is 10.1 Å². The number of carbonyl (C=O) groups is 1. The Bertz CT molecular complexity index is 858.